The Morgan fingerprint density at radius 1 is 0.931 bits per heavy atom. The van der Waals surface area contributed by atoms with Crippen LogP contribution < -0.4 is 14.8 Å². The van der Waals surface area contributed by atoms with Gasteiger partial charge in [0, 0.05) is 19.2 Å². The smallest absolute Gasteiger partial charge is 0.407 e. The molecule has 1 amide bonds. The molecular formula is C41H50N3O12PS. The van der Waals surface area contributed by atoms with E-state index in [1.807, 2.05) is 74.5 Å². The van der Waals surface area contributed by atoms with Gasteiger partial charge in [-0.05, 0) is 53.6 Å². The summed E-state index contributed by atoms with van der Waals surface area (Å²) in [7, 11) is -7.99. The molecule has 58 heavy (non-hydrogen) atoms. The monoisotopic (exact) mass is 839 g/mol. The van der Waals surface area contributed by atoms with E-state index in [9.17, 15) is 28.1 Å². The molecule has 0 radical (unpaired) electrons. The second kappa shape index (κ2) is 20.1. The standard InChI is InChI=1S/C41H50N3O12PS/c1-30(2)23-44(58(49,50)35-14-9-20-43(47)24-35)25-38(45)37(42-41(46)56-39-28-52-40-36(39)19-21-51-40)22-31-15-17-34(18-16-31)53-29-57(48,54-26-32-10-5-3-6-11-32)55-27-33-12-7-4-8-13-33/h3-18,20,24,30,36-40,45H,19,21-23,25-29H2,1-2H3,(H,42,46)/t36-,37-,38+,39-,40+/m0/s1. The number of hydrogen-bond donors (Lipinski definition) is 2. The molecule has 0 unspecified atom stereocenters. The van der Waals surface area contributed by atoms with Crippen LogP contribution in [0.4, 0.5) is 4.79 Å². The first-order chi connectivity index (χ1) is 27.9. The fourth-order valence-electron chi connectivity index (χ4n) is 6.64. The third kappa shape index (κ3) is 12.1. The quantitative estimate of drug-likeness (QED) is 0.0658. The van der Waals surface area contributed by atoms with E-state index >= 15 is 0 Å². The predicted molar refractivity (Wildman–Crippen MR) is 212 cm³/mol. The summed E-state index contributed by atoms with van der Waals surface area (Å²) in [6, 6.07) is 27.0. The van der Waals surface area contributed by atoms with Crippen LogP contribution in [-0.4, -0.2) is 81.1 Å². The lowest BCUT2D eigenvalue weighted by atomic mass is 10.0. The summed E-state index contributed by atoms with van der Waals surface area (Å²) in [6.45, 7) is 4.06. The number of ether oxygens (including phenoxy) is 4. The van der Waals surface area contributed by atoms with Gasteiger partial charge in [-0.25, -0.2) is 13.2 Å². The zero-order chi connectivity index (χ0) is 41.1. The molecule has 5 atom stereocenters. The van der Waals surface area contributed by atoms with E-state index in [4.69, 9.17) is 28.0 Å². The minimum absolute atomic E-state index is 0.0345. The van der Waals surface area contributed by atoms with Crippen LogP contribution in [-0.2, 0) is 57.5 Å². The Kier molecular flexibility index (Phi) is 14.9. The number of aliphatic hydroxyl groups is 1. The molecule has 0 bridgehead atoms. The van der Waals surface area contributed by atoms with E-state index in [0.717, 1.165) is 21.6 Å². The number of aliphatic hydroxyl groups excluding tert-OH is 1. The summed E-state index contributed by atoms with van der Waals surface area (Å²) in [5.74, 6) is 0.105. The van der Waals surface area contributed by atoms with Crippen LogP contribution in [0.3, 0.4) is 0 Å². The first-order valence-corrected chi connectivity index (χ1v) is 22.3. The fraction of sp³-hybridized carbons (Fsp3) is 0.415. The lowest BCUT2D eigenvalue weighted by Gasteiger charge is -2.30. The molecule has 15 nitrogen and oxygen atoms in total. The van der Waals surface area contributed by atoms with Crippen LogP contribution in [0.5, 0.6) is 5.75 Å². The summed E-state index contributed by atoms with van der Waals surface area (Å²) in [5.41, 5.74) is 2.29. The highest BCUT2D eigenvalue weighted by atomic mass is 32.2. The average Bonchev–Trinajstić information content (AvgIpc) is 3.84. The van der Waals surface area contributed by atoms with Crippen molar-refractivity contribution in [3.8, 4) is 5.75 Å². The van der Waals surface area contributed by atoms with Crippen LogP contribution in [0.1, 0.15) is 37.0 Å². The van der Waals surface area contributed by atoms with Gasteiger partial charge in [-0.15, -0.1) is 0 Å². The van der Waals surface area contributed by atoms with Crippen LogP contribution >= 0.6 is 7.60 Å². The number of sulfonamides is 1. The average molecular weight is 840 g/mol. The number of aromatic nitrogens is 1. The van der Waals surface area contributed by atoms with Crippen molar-refractivity contribution in [1.29, 1.82) is 0 Å². The van der Waals surface area contributed by atoms with E-state index in [2.05, 4.69) is 5.32 Å². The molecule has 6 rings (SSSR count). The highest BCUT2D eigenvalue weighted by Crippen LogP contribution is 2.49. The van der Waals surface area contributed by atoms with Crippen molar-refractivity contribution in [2.24, 2.45) is 11.8 Å². The summed E-state index contributed by atoms with van der Waals surface area (Å²) in [5, 5.41) is 26.5. The molecule has 3 aromatic carbocycles. The first kappa shape index (κ1) is 43.2. The van der Waals surface area contributed by atoms with Crippen molar-refractivity contribution in [3.63, 3.8) is 0 Å². The highest BCUT2D eigenvalue weighted by molar-refractivity contribution is 7.89. The Labute approximate surface area is 339 Å². The number of hydrogen-bond acceptors (Lipinski definition) is 12. The minimum atomic E-state index is -4.22. The number of nitrogens with zero attached hydrogens (tertiary/aromatic N) is 2. The molecule has 2 fully saturated rings. The van der Waals surface area contributed by atoms with E-state index in [-0.39, 0.29) is 55.9 Å². The van der Waals surface area contributed by atoms with Gasteiger partial charge in [0.1, 0.15) is 16.7 Å². The van der Waals surface area contributed by atoms with Crippen LogP contribution in [0, 0.1) is 17.0 Å². The van der Waals surface area contributed by atoms with Gasteiger partial charge in [0.2, 0.25) is 10.0 Å². The predicted octanol–water partition coefficient (Wildman–Crippen LogP) is 5.39. The molecule has 1 aromatic heterocycles. The number of amides is 1. The molecule has 3 heterocycles. The third-order valence-electron chi connectivity index (χ3n) is 9.67. The summed E-state index contributed by atoms with van der Waals surface area (Å²) < 4.78 is 77.4. The second-order valence-electron chi connectivity index (χ2n) is 14.7. The Hall–Kier alpha value is -4.38. The Morgan fingerprint density at radius 2 is 1.59 bits per heavy atom. The summed E-state index contributed by atoms with van der Waals surface area (Å²) in [4.78, 5) is 13.1. The molecule has 2 saturated heterocycles. The van der Waals surface area contributed by atoms with E-state index < -0.39 is 54.8 Å². The number of carbonyl (C=O) groups is 1. The van der Waals surface area contributed by atoms with Gasteiger partial charge in [-0.2, -0.15) is 9.04 Å². The van der Waals surface area contributed by atoms with Crippen molar-refractivity contribution < 1.29 is 55.6 Å². The SMILES string of the molecule is CC(C)CN(C[C@@H](O)[C@H](Cc1ccc(OCP(=O)(OCc2ccccc2)OCc2ccccc2)cc1)NC(=O)O[C@H]1CO[C@H]2OCC[C@H]21)S(=O)(=O)c1ccc[n+]([O-])c1. The number of nitrogens with one attached hydrogen (secondary N) is 1. The van der Waals surface area contributed by atoms with Crippen molar-refractivity contribution in [2.45, 2.75) is 69.3 Å². The molecule has 2 N–H and O–H groups in total. The highest BCUT2D eigenvalue weighted by Gasteiger charge is 2.44. The largest absolute Gasteiger partial charge is 0.619 e. The molecule has 17 heteroatoms. The molecule has 0 saturated carbocycles. The van der Waals surface area contributed by atoms with Gasteiger partial charge < -0.3 is 43.6 Å². The zero-order valence-electron chi connectivity index (χ0n) is 32.4. The number of carbonyl (C=O) groups excluding carboxylic acids is 1. The molecule has 4 aromatic rings. The van der Waals surface area contributed by atoms with E-state index in [1.165, 1.54) is 18.3 Å². The lowest BCUT2D eigenvalue weighted by Crippen LogP contribution is -2.51. The van der Waals surface area contributed by atoms with Crippen LogP contribution in [0.2, 0.25) is 0 Å². The van der Waals surface area contributed by atoms with Crippen molar-refractivity contribution in [1.82, 2.24) is 9.62 Å². The van der Waals surface area contributed by atoms with Gasteiger partial charge in [0.15, 0.2) is 25.0 Å². The zero-order valence-corrected chi connectivity index (χ0v) is 34.1. The topological polar surface area (TPSA) is 186 Å². The van der Waals surface area contributed by atoms with Gasteiger partial charge in [-0.3, -0.25) is 4.57 Å². The molecule has 0 aliphatic carbocycles. The molecule has 2 aliphatic heterocycles. The number of rotatable bonds is 20. The minimum Gasteiger partial charge on any atom is -0.619 e. The Morgan fingerprint density at radius 3 is 2.21 bits per heavy atom. The lowest BCUT2D eigenvalue weighted by molar-refractivity contribution is -0.607. The molecule has 0 spiro atoms. The van der Waals surface area contributed by atoms with Gasteiger partial charge >= 0.3 is 13.7 Å². The Bertz CT molecular complexity index is 2030. The van der Waals surface area contributed by atoms with Crippen molar-refractivity contribution in [3.05, 3.63) is 131 Å². The maximum absolute atomic E-state index is 13.9. The third-order valence-corrected chi connectivity index (χ3v) is 13.0. The number of fused-ring (bicyclic) bond motifs is 1. The van der Waals surface area contributed by atoms with Crippen molar-refractivity contribution in [2.75, 3.05) is 32.7 Å². The normalized spacial score (nSPS) is 19.2. The summed E-state index contributed by atoms with van der Waals surface area (Å²) in [6.07, 6.45) is -0.727. The molecule has 312 valence electrons. The first-order valence-electron chi connectivity index (χ1n) is 19.1. The fourth-order valence-corrected chi connectivity index (χ4v) is 9.49. The maximum Gasteiger partial charge on any atom is 0.407 e. The van der Waals surface area contributed by atoms with Gasteiger partial charge in [0.05, 0.1) is 44.5 Å². The van der Waals surface area contributed by atoms with Gasteiger partial charge in [0.25, 0.3) is 0 Å². The van der Waals surface area contributed by atoms with Crippen LogP contribution in [0.25, 0.3) is 0 Å². The van der Waals surface area contributed by atoms with E-state index in [1.54, 1.807) is 24.3 Å². The van der Waals surface area contributed by atoms with E-state index in [0.29, 0.717) is 29.1 Å². The Balaban J connectivity index is 1.16. The maximum atomic E-state index is 13.9. The molecule has 2 aliphatic rings. The molecular weight excluding hydrogens is 790 g/mol. The number of alkyl carbamates (subject to hydrolysis) is 1. The van der Waals surface area contributed by atoms with Crippen LogP contribution in [0.15, 0.2) is 114 Å². The van der Waals surface area contributed by atoms with Gasteiger partial charge in [-0.1, -0.05) is 86.6 Å². The summed E-state index contributed by atoms with van der Waals surface area (Å²) >= 11 is 0. The second-order valence-corrected chi connectivity index (χ2v) is 18.6. The number of benzene rings is 3. The number of pyridine rings is 1. The van der Waals surface area contributed by atoms with Crippen molar-refractivity contribution >= 4 is 23.7 Å².